The van der Waals surface area contributed by atoms with Gasteiger partial charge in [-0.25, -0.2) is 0 Å². The zero-order valence-electron chi connectivity index (χ0n) is 16.6. The predicted molar refractivity (Wildman–Crippen MR) is 106 cm³/mol. The van der Waals surface area contributed by atoms with Crippen LogP contribution in [0.25, 0.3) is 0 Å². The average Bonchev–Trinajstić information content (AvgIpc) is 2.72. The van der Waals surface area contributed by atoms with E-state index < -0.39 is 4.92 Å². The van der Waals surface area contributed by atoms with Crippen LogP contribution in [0.3, 0.4) is 0 Å². The fourth-order valence-corrected chi connectivity index (χ4v) is 6.80. The molecule has 7 heteroatoms. The molecule has 1 saturated heterocycles. The van der Waals surface area contributed by atoms with E-state index in [4.69, 9.17) is 0 Å². The Labute approximate surface area is 170 Å². The first kappa shape index (κ1) is 18.6. The molecule has 0 unspecified atom stereocenters. The van der Waals surface area contributed by atoms with Crippen LogP contribution in [-0.2, 0) is 4.79 Å². The Morgan fingerprint density at radius 1 is 0.897 bits per heavy atom. The van der Waals surface area contributed by atoms with Crippen LogP contribution in [0.2, 0.25) is 0 Å². The van der Waals surface area contributed by atoms with Gasteiger partial charge in [-0.1, -0.05) is 12.1 Å². The van der Waals surface area contributed by atoms with Gasteiger partial charge < -0.3 is 9.80 Å². The first-order chi connectivity index (χ1) is 13.9. The summed E-state index contributed by atoms with van der Waals surface area (Å²) in [4.78, 5) is 40.6. The Balaban J connectivity index is 1.26. The van der Waals surface area contributed by atoms with E-state index in [0.29, 0.717) is 32.1 Å². The van der Waals surface area contributed by atoms with Gasteiger partial charge in [0.1, 0.15) is 5.56 Å². The van der Waals surface area contributed by atoms with Crippen molar-refractivity contribution in [3.8, 4) is 0 Å². The maximum atomic E-state index is 13.5. The molecule has 7 nitrogen and oxygen atoms in total. The maximum absolute atomic E-state index is 13.5. The highest BCUT2D eigenvalue weighted by Gasteiger charge is 2.55. The predicted octanol–water partition coefficient (Wildman–Crippen LogP) is 3.10. The van der Waals surface area contributed by atoms with Gasteiger partial charge in [0, 0.05) is 32.2 Å². The minimum absolute atomic E-state index is 0.123. The van der Waals surface area contributed by atoms with Gasteiger partial charge in [-0.05, 0) is 62.3 Å². The van der Waals surface area contributed by atoms with Gasteiger partial charge in [0.05, 0.1) is 10.3 Å². The van der Waals surface area contributed by atoms with Crippen molar-refractivity contribution in [1.29, 1.82) is 0 Å². The van der Waals surface area contributed by atoms with Gasteiger partial charge in [-0.2, -0.15) is 0 Å². The number of nitro groups is 1. The van der Waals surface area contributed by atoms with Gasteiger partial charge >= 0.3 is 0 Å². The average molecular weight is 397 g/mol. The number of piperazine rings is 1. The minimum atomic E-state index is -0.514. The molecule has 0 aromatic heterocycles. The van der Waals surface area contributed by atoms with Crippen molar-refractivity contribution in [3.05, 3.63) is 39.9 Å². The fraction of sp³-hybridized carbons (Fsp3) is 0.636. The molecule has 5 fully saturated rings. The van der Waals surface area contributed by atoms with Crippen molar-refractivity contribution in [3.63, 3.8) is 0 Å². The number of amides is 2. The molecule has 0 N–H and O–H groups in total. The lowest BCUT2D eigenvalue weighted by Gasteiger charge is -2.57. The number of carbonyl (C=O) groups is 2. The zero-order chi connectivity index (χ0) is 20.2. The van der Waals surface area contributed by atoms with Gasteiger partial charge in [-0.15, -0.1) is 0 Å². The number of hydrogen-bond donors (Lipinski definition) is 0. The SMILES string of the molecule is O=C(c1ccccc1[N+](=O)[O-])N1CCN(C(=O)C23CC4CC(CC(C4)C2)C3)CC1. The van der Waals surface area contributed by atoms with Crippen LogP contribution in [0.4, 0.5) is 5.69 Å². The minimum Gasteiger partial charge on any atom is -0.339 e. The highest BCUT2D eigenvalue weighted by molar-refractivity contribution is 5.98. The van der Waals surface area contributed by atoms with E-state index in [0.717, 1.165) is 37.0 Å². The number of rotatable bonds is 3. The molecule has 1 aromatic rings. The summed E-state index contributed by atoms with van der Waals surface area (Å²) >= 11 is 0. The monoisotopic (exact) mass is 397 g/mol. The number of nitrogens with zero attached hydrogens (tertiary/aromatic N) is 3. The molecular formula is C22H27N3O4. The van der Waals surface area contributed by atoms with E-state index in [9.17, 15) is 19.7 Å². The Morgan fingerprint density at radius 3 is 1.97 bits per heavy atom. The van der Waals surface area contributed by atoms with Crippen molar-refractivity contribution < 1.29 is 14.5 Å². The Morgan fingerprint density at radius 2 is 1.41 bits per heavy atom. The second-order valence-corrected chi connectivity index (χ2v) is 9.56. The van der Waals surface area contributed by atoms with Crippen LogP contribution >= 0.6 is 0 Å². The molecule has 2 amide bonds. The van der Waals surface area contributed by atoms with Crippen LogP contribution in [0, 0.1) is 33.3 Å². The quantitative estimate of drug-likeness (QED) is 0.580. The molecule has 1 aliphatic heterocycles. The molecule has 1 aromatic carbocycles. The zero-order valence-corrected chi connectivity index (χ0v) is 16.6. The molecule has 6 rings (SSSR count). The van der Waals surface area contributed by atoms with Crippen LogP contribution in [0.1, 0.15) is 48.9 Å². The summed E-state index contributed by atoms with van der Waals surface area (Å²) in [7, 11) is 0. The second kappa shape index (κ2) is 6.82. The Hall–Kier alpha value is -2.44. The highest BCUT2D eigenvalue weighted by atomic mass is 16.6. The summed E-state index contributed by atoms with van der Waals surface area (Å²) < 4.78 is 0. The number of benzene rings is 1. The number of carbonyl (C=O) groups excluding carboxylic acids is 2. The highest BCUT2D eigenvalue weighted by Crippen LogP contribution is 2.60. The molecule has 0 radical (unpaired) electrons. The third kappa shape index (κ3) is 3.11. The molecule has 4 aliphatic carbocycles. The molecule has 4 bridgehead atoms. The van der Waals surface area contributed by atoms with Gasteiger partial charge in [0.2, 0.25) is 5.91 Å². The van der Waals surface area contributed by atoms with Crippen molar-refractivity contribution in [1.82, 2.24) is 9.80 Å². The summed E-state index contributed by atoms with van der Waals surface area (Å²) in [6.45, 7) is 1.91. The normalized spacial score (nSPS) is 33.0. The van der Waals surface area contributed by atoms with Gasteiger partial charge in [0.15, 0.2) is 0 Å². The van der Waals surface area contributed by atoms with E-state index >= 15 is 0 Å². The van der Waals surface area contributed by atoms with Crippen molar-refractivity contribution in [2.45, 2.75) is 38.5 Å². The largest absolute Gasteiger partial charge is 0.339 e. The standard InChI is InChI=1S/C22H27N3O4/c26-20(18-3-1-2-4-19(18)25(28)29)23-5-7-24(8-6-23)21(27)22-12-15-9-16(13-22)11-17(10-15)14-22/h1-4,15-17H,5-14H2. The third-order valence-electron chi connectivity index (χ3n) is 7.68. The molecular weight excluding hydrogens is 370 g/mol. The number of hydrogen-bond acceptors (Lipinski definition) is 4. The molecule has 4 saturated carbocycles. The van der Waals surface area contributed by atoms with E-state index in [-0.39, 0.29) is 22.6 Å². The fourth-order valence-electron chi connectivity index (χ4n) is 6.80. The van der Waals surface area contributed by atoms with Crippen LogP contribution in [0.15, 0.2) is 24.3 Å². The van der Waals surface area contributed by atoms with E-state index in [1.165, 1.54) is 31.4 Å². The van der Waals surface area contributed by atoms with E-state index in [1.54, 1.807) is 17.0 Å². The Bertz CT molecular complexity index is 824. The summed E-state index contributed by atoms with van der Waals surface area (Å²) in [6, 6.07) is 6.08. The lowest BCUT2D eigenvalue weighted by molar-refractivity contribution is -0.385. The summed E-state index contributed by atoms with van der Waals surface area (Å²) in [6.07, 6.45) is 7.08. The van der Waals surface area contributed by atoms with E-state index in [1.807, 2.05) is 4.90 Å². The topological polar surface area (TPSA) is 83.8 Å². The summed E-state index contributed by atoms with van der Waals surface area (Å²) in [5, 5.41) is 11.2. The van der Waals surface area contributed by atoms with Gasteiger partial charge in [-0.3, -0.25) is 19.7 Å². The van der Waals surface area contributed by atoms with Crippen molar-refractivity contribution in [2.24, 2.45) is 23.2 Å². The maximum Gasteiger partial charge on any atom is 0.282 e. The summed E-state index contributed by atoms with van der Waals surface area (Å²) in [5.74, 6) is 2.17. The lowest BCUT2D eigenvalue weighted by atomic mass is 9.49. The number of nitro benzene ring substituents is 1. The van der Waals surface area contributed by atoms with Crippen LogP contribution in [0.5, 0.6) is 0 Å². The second-order valence-electron chi connectivity index (χ2n) is 9.56. The molecule has 0 spiro atoms. The molecule has 154 valence electrons. The smallest absolute Gasteiger partial charge is 0.282 e. The molecule has 1 heterocycles. The molecule has 29 heavy (non-hydrogen) atoms. The van der Waals surface area contributed by atoms with Crippen LogP contribution < -0.4 is 0 Å². The van der Waals surface area contributed by atoms with Gasteiger partial charge in [0.25, 0.3) is 11.6 Å². The first-order valence-corrected chi connectivity index (χ1v) is 10.8. The lowest BCUT2D eigenvalue weighted by Crippen LogP contribution is -2.58. The van der Waals surface area contributed by atoms with Crippen LogP contribution in [-0.4, -0.2) is 52.7 Å². The van der Waals surface area contributed by atoms with E-state index in [2.05, 4.69) is 0 Å². The molecule has 0 atom stereocenters. The Kier molecular flexibility index (Phi) is 4.37. The van der Waals surface area contributed by atoms with Crippen molar-refractivity contribution in [2.75, 3.05) is 26.2 Å². The van der Waals surface area contributed by atoms with Crippen molar-refractivity contribution >= 4 is 17.5 Å². The molecule has 5 aliphatic rings. The third-order valence-corrected chi connectivity index (χ3v) is 7.68. The number of para-hydroxylation sites is 1. The summed E-state index contributed by atoms with van der Waals surface area (Å²) in [5.41, 5.74) is -0.193. The first-order valence-electron chi connectivity index (χ1n) is 10.8.